The van der Waals surface area contributed by atoms with E-state index in [9.17, 15) is 14.0 Å². The van der Waals surface area contributed by atoms with Crippen LogP contribution in [0.5, 0.6) is 0 Å². The Labute approximate surface area is 138 Å². The Hall–Kier alpha value is -2.70. The summed E-state index contributed by atoms with van der Waals surface area (Å²) in [5, 5.41) is 6.56. The number of benzene rings is 1. The summed E-state index contributed by atoms with van der Waals surface area (Å²) in [6.07, 6.45) is 1.23. The molecule has 126 valence electrons. The first-order chi connectivity index (χ1) is 11.5. The van der Waals surface area contributed by atoms with E-state index in [1.165, 1.54) is 12.1 Å². The molecule has 24 heavy (non-hydrogen) atoms. The first kappa shape index (κ1) is 16.2. The highest BCUT2D eigenvalue weighted by atomic mass is 19.1. The highest BCUT2D eigenvalue weighted by Gasteiger charge is 2.26. The summed E-state index contributed by atoms with van der Waals surface area (Å²) in [6.45, 7) is 2.74. The van der Waals surface area contributed by atoms with Crippen molar-refractivity contribution >= 4 is 11.8 Å². The molecule has 0 bridgehead atoms. The van der Waals surface area contributed by atoms with Crippen molar-refractivity contribution < 1.29 is 18.5 Å². The molecule has 6 nitrogen and oxygen atoms in total. The Kier molecular flexibility index (Phi) is 4.59. The topological polar surface area (TPSA) is 75.4 Å². The van der Waals surface area contributed by atoms with E-state index < -0.39 is 11.7 Å². The molecule has 2 amide bonds. The molecule has 0 aliphatic carbocycles. The van der Waals surface area contributed by atoms with Gasteiger partial charge in [-0.2, -0.15) is 0 Å². The number of nitrogens with zero attached hydrogens (tertiary/aromatic N) is 2. The standard InChI is InChI=1S/C17H18FN3O3/c1-11-10-15(20-24-11)17(23)21-8-6-12(7-9-21)19-16(22)13-4-2-3-5-14(13)18/h2-5,10,12H,6-9H2,1H3,(H,19,22). The number of carbonyl (C=O) groups is 2. The molecule has 3 rings (SSSR count). The van der Waals surface area contributed by atoms with E-state index in [4.69, 9.17) is 4.52 Å². The number of amides is 2. The van der Waals surface area contributed by atoms with Crippen LogP contribution in [0.4, 0.5) is 4.39 Å². The second-order valence-electron chi connectivity index (χ2n) is 5.84. The SMILES string of the molecule is Cc1cc(C(=O)N2CCC(NC(=O)c3ccccc3F)CC2)no1. The van der Waals surface area contributed by atoms with Crippen LogP contribution in [0.2, 0.25) is 0 Å². The molecule has 0 spiro atoms. The Morgan fingerprint density at radius 3 is 2.62 bits per heavy atom. The molecule has 1 aliphatic heterocycles. The quantitative estimate of drug-likeness (QED) is 0.935. The number of nitrogens with one attached hydrogen (secondary N) is 1. The van der Waals surface area contributed by atoms with Crippen molar-refractivity contribution in [1.29, 1.82) is 0 Å². The monoisotopic (exact) mass is 331 g/mol. The van der Waals surface area contributed by atoms with E-state index in [-0.39, 0.29) is 17.5 Å². The van der Waals surface area contributed by atoms with E-state index in [1.54, 1.807) is 30.0 Å². The fraction of sp³-hybridized carbons (Fsp3) is 0.353. The average molecular weight is 331 g/mol. The first-order valence-electron chi connectivity index (χ1n) is 7.82. The Balaban J connectivity index is 1.55. The van der Waals surface area contributed by atoms with E-state index >= 15 is 0 Å². The number of hydrogen-bond donors (Lipinski definition) is 1. The average Bonchev–Trinajstić information content (AvgIpc) is 3.02. The van der Waals surface area contributed by atoms with Gasteiger partial charge in [0.15, 0.2) is 5.69 Å². The van der Waals surface area contributed by atoms with Gasteiger partial charge >= 0.3 is 0 Å². The first-order valence-corrected chi connectivity index (χ1v) is 7.82. The molecule has 1 N–H and O–H groups in total. The van der Waals surface area contributed by atoms with Crippen LogP contribution in [0, 0.1) is 12.7 Å². The summed E-state index contributed by atoms with van der Waals surface area (Å²) in [6, 6.07) is 7.40. The van der Waals surface area contributed by atoms with Gasteiger partial charge in [0.05, 0.1) is 5.56 Å². The summed E-state index contributed by atoms with van der Waals surface area (Å²) < 4.78 is 18.5. The molecule has 2 heterocycles. The van der Waals surface area contributed by atoms with E-state index in [0.29, 0.717) is 37.4 Å². The maximum Gasteiger partial charge on any atom is 0.276 e. The van der Waals surface area contributed by atoms with Gasteiger partial charge in [0.2, 0.25) is 0 Å². The van der Waals surface area contributed by atoms with E-state index in [2.05, 4.69) is 10.5 Å². The van der Waals surface area contributed by atoms with Crippen molar-refractivity contribution in [1.82, 2.24) is 15.4 Å². The minimum Gasteiger partial charge on any atom is -0.361 e. The Morgan fingerprint density at radius 2 is 2.00 bits per heavy atom. The van der Waals surface area contributed by atoms with Gasteiger partial charge in [0.25, 0.3) is 11.8 Å². The van der Waals surface area contributed by atoms with Crippen molar-refractivity contribution in [3.8, 4) is 0 Å². The lowest BCUT2D eigenvalue weighted by Crippen LogP contribution is -2.46. The number of rotatable bonds is 3. The normalized spacial score (nSPS) is 15.3. The van der Waals surface area contributed by atoms with Crippen LogP contribution < -0.4 is 5.32 Å². The number of likely N-dealkylation sites (tertiary alicyclic amines) is 1. The number of hydrogen-bond acceptors (Lipinski definition) is 4. The van der Waals surface area contributed by atoms with Gasteiger partial charge < -0.3 is 14.7 Å². The van der Waals surface area contributed by atoms with Crippen LogP contribution >= 0.6 is 0 Å². The lowest BCUT2D eigenvalue weighted by Gasteiger charge is -2.31. The van der Waals surface area contributed by atoms with E-state index in [0.717, 1.165) is 0 Å². The van der Waals surface area contributed by atoms with Gasteiger partial charge in [-0.1, -0.05) is 17.3 Å². The van der Waals surface area contributed by atoms with Crippen LogP contribution in [-0.2, 0) is 0 Å². The van der Waals surface area contributed by atoms with Crippen LogP contribution in [0.1, 0.15) is 39.4 Å². The maximum atomic E-state index is 13.6. The number of piperidine rings is 1. The zero-order valence-corrected chi connectivity index (χ0v) is 13.3. The van der Waals surface area contributed by atoms with Gasteiger partial charge in [0.1, 0.15) is 11.6 Å². The Bertz CT molecular complexity index is 751. The lowest BCUT2D eigenvalue weighted by molar-refractivity contribution is 0.0688. The van der Waals surface area contributed by atoms with Crippen LogP contribution in [0.15, 0.2) is 34.9 Å². The minimum atomic E-state index is -0.538. The summed E-state index contributed by atoms with van der Waals surface area (Å²) in [4.78, 5) is 26.1. The maximum absolute atomic E-state index is 13.6. The van der Waals surface area contributed by atoms with Crippen LogP contribution in [0.3, 0.4) is 0 Å². The molecule has 2 aromatic rings. The van der Waals surface area contributed by atoms with Crippen LogP contribution in [0.25, 0.3) is 0 Å². The van der Waals surface area contributed by atoms with Crippen molar-refractivity contribution in [3.05, 3.63) is 53.2 Å². The molecule has 0 atom stereocenters. The predicted molar refractivity (Wildman–Crippen MR) is 84.0 cm³/mol. The largest absolute Gasteiger partial charge is 0.361 e. The minimum absolute atomic E-state index is 0.0362. The third-order valence-corrected chi connectivity index (χ3v) is 4.08. The summed E-state index contributed by atoms with van der Waals surface area (Å²) >= 11 is 0. The smallest absolute Gasteiger partial charge is 0.276 e. The fourth-order valence-electron chi connectivity index (χ4n) is 2.76. The molecule has 0 radical (unpaired) electrons. The molecule has 1 aromatic heterocycles. The Morgan fingerprint density at radius 1 is 1.29 bits per heavy atom. The van der Waals surface area contributed by atoms with Gasteiger partial charge in [-0.05, 0) is 31.9 Å². The lowest BCUT2D eigenvalue weighted by atomic mass is 10.0. The van der Waals surface area contributed by atoms with Gasteiger partial charge in [-0.3, -0.25) is 9.59 Å². The molecule has 7 heteroatoms. The summed E-state index contributed by atoms with van der Waals surface area (Å²) in [7, 11) is 0. The third kappa shape index (κ3) is 3.45. The van der Waals surface area contributed by atoms with Gasteiger partial charge in [-0.15, -0.1) is 0 Å². The van der Waals surface area contributed by atoms with Gasteiger partial charge in [0, 0.05) is 25.2 Å². The van der Waals surface area contributed by atoms with Crippen molar-refractivity contribution in [2.75, 3.05) is 13.1 Å². The summed E-state index contributed by atoms with van der Waals surface area (Å²) in [5.74, 6) is -0.551. The molecule has 1 aliphatic rings. The molecular weight excluding hydrogens is 313 g/mol. The molecule has 1 saturated heterocycles. The molecule has 1 fully saturated rings. The fourth-order valence-corrected chi connectivity index (χ4v) is 2.76. The molecular formula is C17H18FN3O3. The molecule has 0 unspecified atom stereocenters. The highest BCUT2D eigenvalue weighted by molar-refractivity contribution is 5.94. The number of halogens is 1. The third-order valence-electron chi connectivity index (χ3n) is 4.08. The summed E-state index contributed by atoms with van der Waals surface area (Å²) in [5.41, 5.74) is 0.329. The number of aromatic nitrogens is 1. The zero-order chi connectivity index (χ0) is 17.1. The predicted octanol–water partition coefficient (Wildman–Crippen LogP) is 2.16. The number of carbonyl (C=O) groups excluding carboxylic acids is 2. The second kappa shape index (κ2) is 6.82. The van der Waals surface area contributed by atoms with Crippen molar-refractivity contribution in [2.45, 2.75) is 25.8 Å². The van der Waals surface area contributed by atoms with Crippen molar-refractivity contribution in [3.63, 3.8) is 0 Å². The van der Waals surface area contributed by atoms with Gasteiger partial charge in [-0.25, -0.2) is 4.39 Å². The second-order valence-corrected chi connectivity index (χ2v) is 5.84. The number of aryl methyl sites for hydroxylation is 1. The molecule has 0 saturated carbocycles. The van der Waals surface area contributed by atoms with Crippen molar-refractivity contribution in [2.24, 2.45) is 0 Å². The zero-order valence-electron chi connectivity index (χ0n) is 13.3. The molecule has 1 aromatic carbocycles. The van der Waals surface area contributed by atoms with Crippen LogP contribution in [-0.4, -0.2) is 41.0 Å². The van der Waals surface area contributed by atoms with E-state index in [1.807, 2.05) is 0 Å². The highest BCUT2D eigenvalue weighted by Crippen LogP contribution is 2.15.